The van der Waals surface area contributed by atoms with E-state index in [4.69, 9.17) is 9.47 Å². The summed E-state index contributed by atoms with van der Waals surface area (Å²) in [4.78, 5) is 19.6. The summed E-state index contributed by atoms with van der Waals surface area (Å²) >= 11 is 0. The first-order chi connectivity index (χ1) is 12.7. The molecular weight excluding hydrogens is 328 g/mol. The summed E-state index contributed by atoms with van der Waals surface area (Å²) in [6.07, 6.45) is 4.85. The van der Waals surface area contributed by atoms with Crippen LogP contribution in [0.15, 0.2) is 36.5 Å². The van der Waals surface area contributed by atoms with Gasteiger partial charge in [0.15, 0.2) is 0 Å². The van der Waals surface area contributed by atoms with Crippen LogP contribution in [-0.4, -0.2) is 54.8 Å². The van der Waals surface area contributed by atoms with Gasteiger partial charge in [0.2, 0.25) is 0 Å². The SMILES string of the molecule is CCOC[C@]12CCCO[C@H]1CCN(C(=O)c1cnc3ccccc3c1)C2. The molecular formula is C21H26N2O3. The zero-order chi connectivity index (χ0) is 18.0. The van der Waals surface area contributed by atoms with Gasteiger partial charge in [-0.2, -0.15) is 0 Å². The van der Waals surface area contributed by atoms with E-state index in [9.17, 15) is 4.79 Å². The lowest BCUT2D eigenvalue weighted by Crippen LogP contribution is -2.58. The van der Waals surface area contributed by atoms with E-state index < -0.39 is 0 Å². The minimum absolute atomic E-state index is 0.0585. The van der Waals surface area contributed by atoms with Crippen molar-refractivity contribution in [2.75, 3.05) is 32.9 Å². The van der Waals surface area contributed by atoms with Gasteiger partial charge in [-0.1, -0.05) is 18.2 Å². The molecule has 1 aromatic carbocycles. The number of pyridine rings is 1. The topological polar surface area (TPSA) is 51.7 Å². The van der Waals surface area contributed by atoms with Gasteiger partial charge in [-0.3, -0.25) is 9.78 Å². The van der Waals surface area contributed by atoms with E-state index in [1.807, 2.05) is 42.2 Å². The van der Waals surface area contributed by atoms with Gasteiger partial charge in [0.05, 0.1) is 23.8 Å². The van der Waals surface area contributed by atoms with Crippen molar-refractivity contribution in [3.63, 3.8) is 0 Å². The molecule has 5 nitrogen and oxygen atoms in total. The fraction of sp³-hybridized carbons (Fsp3) is 0.524. The molecule has 0 aliphatic carbocycles. The van der Waals surface area contributed by atoms with Gasteiger partial charge in [-0.05, 0) is 38.3 Å². The average Bonchev–Trinajstić information content (AvgIpc) is 2.71. The zero-order valence-corrected chi connectivity index (χ0v) is 15.3. The van der Waals surface area contributed by atoms with E-state index in [0.717, 1.165) is 43.3 Å². The number of carbonyl (C=O) groups excluding carboxylic acids is 1. The van der Waals surface area contributed by atoms with Gasteiger partial charge in [-0.15, -0.1) is 0 Å². The number of piperidine rings is 1. The smallest absolute Gasteiger partial charge is 0.255 e. The highest BCUT2D eigenvalue weighted by Crippen LogP contribution is 2.40. The second-order valence-electron chi connectivity index (χ2n) is 7.39. The number of hydrogen-bond acceptors (Lipinski definition) is 4. The molecule has 0 spiro atoms. The molecule has 1 amide bonds. The maximum absolute atomic E-state index is 13.1. The number of benzene rings is 1. The van der Waals surface area contributed by atoms with Crippen LogP contribution in [0.3, 0.4) is 0 Å². The molecule has 2 fully saturated rings. The molecule has 0 N–H and O–H groups in total. The van der Waals surface area contributed by atoms with Gasteiger partial charge in [0.25, 0.3) is 5.91 Å². The Morgan fingerprint density at radius 3 is 3.19 bits per heavy atom. The van der Waals surface area contributed by atoms with Crippen molar-refractivity contribution in [1.82, 2.24) is 9.88 Å². The molecule has 2 atom stereocenters. The van der Waals surface area contributed by atoms with Gasteiger partial charge in [0, 0.05) is 43.3 Å². The molecule has 0 radical (unpaired) electrons. The molecule has 2 saturated heterocycles. The summed E-state index contributed by atoms with van der Waals surface area (Å²) in [5.41, 5.74) is 1.49. The van der Waals surface area contributed by atoms with E-state index in [0.29, 0.717) is 25.3 Å². The number of amides is 1. The van der Waals surface area contributed by atoms with E-state index in [1.165, 1.54) is 0 Å². The normalized spacial score (nSPS) is 25.9. The monoisotopic (exact) mass is 354 g/mol. The molecule has 2 aromatic rings. The first-order valence-corrected chi connectivity index (χ1v) is 9.55. The second kappa shape index (κ2) is 7.33. The molecule has 0 saturated carbocycles. The molecule has 0 unspecified atom stereocenters. The standard InChI is InChI=1S/C21H26N2O3/c1-2-25-15-21-9-5-11-26-19(21)8-10-23(14-21)20(24)17-12-16-6-3-4-7-18(16)22-13-17/h3-4,6-7,12-13,19H,2,5,8-11,14-15H2,1H3/t19-,21+/m0/s1. The molecule has 2 aliphatic heterocycles. The largest absolute Gasteiger partial charge is 0.381 e. The van der Waals surface area contributed by atoms with E-state index >= 15 is 0 Å². The van der Waals surface area contributed by atoms with Crippen LogP contribution in [0.1, 0.15) is 36.5 Å². The summed E-state index contributed by atoms with van der Waals surface area (Å²) in [6, 6.07) is 9.84. The highest BCUT2D eigenvalue weighted by atomic mass is 16.5. The summed E-state index contributed by atoms with van der Waals surface area (Å²) < 4.78 is 11.8. The minimum Gasteiger partial charge on any atom is -0.381 e. The Bertz CT molecular complexity index is 794. The lowest BCUT2D eigenvalue weighted by molar-refractivity contribution is -0.146. The number of aromatic nitrogens is 1. The fourth-order valence-corrected chi connectivity index (χ4v) is 4.35. The maximum Gasteiger partial charge on any atom is 0.255 e. The van der Waals surface area contributed by atoms with Crippen molar-refractivity contribution < 1.29 is 14.3 Å². The van der Waals surface area contributed by atoms with Crippen molar-refractivity contribution in [2.24, 2.45) is 5.41 Å². The molecule has 2 aliphatic rings. The van der Waals surface area contributed by atoms with Crippen LogP contribution in [-0.2, 0) is 9.47 Å². The minimum atomic E-state index is -0.0769. The molecule has 4 rings (SSSR count). The first kappa shape index (κ1) is 17.4. The molecule has 138 valence electrons. The van der Waals surface area contributed by atoms with Crippen molar-refractivity contribution in [2.45, 2.75) is 32.3 Å². The van der Waals surface area contributed by atoms with Crippen LogP contribution in [0.25, 0.3) is 10.9 Å². The Morgan fingerprint density at radius 2 is 2.31 bits per heavy atom. The third kappa shape index (κ3) is 3.21. The van der Waals surface area contributed by atoms with Gasteiger partial charge in [-0.25, -0.2) is 0 Å². The third-order valence-corrected chi connectivity index (χ3v) is 5.71. The van der Waals surface area contributed by atoms with E-state index in [2.05, 4.69) is 4.98 Å². The highest BCUT2D eigenvalue weighted by molar-refractivity contribution is 5.97. The Kier molecular flexibility index (Phi) is 4.92. The Labute approximate surface area is 154 Å². The van der Waals surface area contributed by atoms with Gasteiger partial charge < -0.3 is 14.4 Å². The van der Waals surface area contributed by atoms with Gasteiger partial charge >= 0.3 is 0 Å². The second-order valence-corrected chi connectivity index (χ2v) is 7.39. The summed E-state index contributed by atoms with van der Waals surface area (Å²) in [5.74, 6) is 0.0585. The molecule has 26 heavy (non-hydrogen) atoms. The van der Waals surface area contributed by atoms with Crippen molar-refractivity contribution >= 4 is 16.8 Å². The number of likely N-dealkylation sites (tertiary alicyclic amines) is 1. The van der Waals surface area contributed by atoms with Crippen LogP contribution >= 0.6 is 0 Å². The molecule has 3 heterocycles. The van der Waals surface area contributed by atoms with E-state index in [-0.39, 0.29) is 17.4 Å². The summed E-state index contributed by atoms with van der Waals surface area (Å²) in [5, 5.41) is 0.998. The fourth-order valence-electron chi connectivity index (χ4n) is 4.35. The Morgan fingerprint density at radius 1 is 1.42 bits per heavy atom. The van der Waals surface area contributed by atoms with Crippen LogP contribution in [0, 0.1) is 5.41 Å². The lowest BCUT2D eigenvalue weighted by Gasteiger charge is -2.50. The maximum atomic E-state index is 13.1. The van der Waals surface area contributed by atoms with Crippen LogP contribution in [0.5, 0.6) is 0 Å². The molecule has 5 heteroatoms. The molecule has 0 bridgehead atoms. The van der Waals surface area contributed by atoms with Crippen LogP contribution < -0.4 is 0 Å². The number of ether oxygens (including phenoxy) is 2. The number of rotatable bonds is 4. The number of para-hydroxylation sites is 1. The zero-order valence-electron chi connectivity index (χ0n) is 15.3. The number of nitrogens with zero attached hydrogens (tertiary/aromatic N) is 2. The Hall–Kier alpha value is -1.98. The van der Waals surface area contributed by atoms with Crippen LogP contribution in [0.2, 0.25) is 0 Å². The number of carbonyl (C=O) groups is 1. The van der Waals surface area contributed by atoms with Gasteiger partial charge in [0.1, 0.15) is 0 Å². The van der Waals surface area contributed by atoms with Crippen molar-refractivity contribution in [1.29, 1.82) is 0 Å². The Balaban J connectivity index is 1.57. The predicted octanol–water partition coefficient (Wildman–Crippen LogP) is 3.28. The predicted molar refractivity (Wildman–Crippen MR) is 100 cm³/mol. The lowest BCUT2D eigenvalue weighted by atomic mass is 9.73. The summed E-state index contributed by atoms with van der Waals surface area (Å²) in [7, 11) is 0. The van der Waals surface area contributed by atoms with Crippen LogP contribution in [0.4, 0.5) is 0 Å². The molecule has 1 aromatic heterocycles. The van der Waals surface area contributed by atoms with E-state index in [1.54, 1.807) is 6.20 Å². The number of fused-ring (bicyclic) bond motifs is 2. The average molecular weight is 354 g/mol. The first-order valence-electron chi connectivity index (χ1n) is 9.55. The number of hydrogen-bond donors (Lipinski definition) is 0. The van der Waals surface area contributed by atoms with Crippen molar-refractivity contribution in [3.8, 4) is 0 Å². The van der Waals surface area contributed by atoms with Crippen molar-refractivity contribution in [3.05, 3.63) is 42.1 Å². The quantitative estimate of drug-likeness (QED) is 0.845. The highest BCUT2D eigenvalue weighted by Gasteiger charge is 2.47. The summed E-state index contributed by atoms with van der Waals surface area (Å²) in [6.45, 7) is 5.61. The third-order valence-electron chi connectivity index (χ3n) is 5.71.